The van der Waals surface area contributed by atoms with Crippen LogP contribution in [0.4, 0.5) is 0 Å². The minimum absolute atomic E-state index is 0.0900. The van der Waals surface area contributed by atoms with Crippen molar-refractivity contribution >= 4 is 27.3 Å². The van der Waals surface area contributed by atoms with Gasteiger partial charge in [0, 0.05) is 6.54 Å². The zero-order valence-corrected chi connectivity index (χ0v) is 11.2. The second kappa shape index (κ2) is 5.61. The lowest BCUT2D eigenvalue weighted by molar-refractivity contribution is -0.142. The number of hydrogen-bond donors (Lipinski definition) is 2. The summed E-state index contributed by atoms with van der Waals surface area (Å²) >= 11 is 1.10. The van der Waals surface area contributed by atoms with E-state index >= 15 is 0 Å². The molecule has 1 heterocycles. The van der Waals surface area contributed by atoms with Crippen molar-refractivity contribution in [2.75, 3.05) is 6.54 Å². The van der Waals surface area contributed by atoms with Crippen LogP contribution >= 0.6 is 11.3 Å². The van der Waals surface area contributed by atoms with Gasteiger partial charge in [0.2, 0.25) is 10.0 Å². The highest BCUT2D eigenvalue weighted by Crippen LogP contribution is 2.16. The molecule has 2 N–H and O–H groups in total. The quantitative estimate of drug-likeness (QED) is 0.823. The zero-order chi connectivity index (χ0) is 13.1. The first kappa shape index (κ1) is 14.1. The molecule has 1 unspecified atom stereocenters. The van der Waals surface area contributed by atoms with Crippen LogP contribution in [0, 0.1) is 11.8 Å². The first-order chi connectivity index (χ1) is 7.84. The summed E-state index contributed by atoms with van der Waals surface area (Å²) in [7, 11) is -3.57. The Bertz CT molecular complexity index is 465. The van der Waals surface area contributed by atoms with Crippen molar-refractivity contribution in [1.82, 2.24) is 4.72 Å². The van der Waals surface area contributed by atoms with Gasteiger partial charge in [0.15, 0.2) is 0 Å². The number of nitrogens with one attached hydrogen (secondary N) is 1. The Kier molecular flexibility index (Phi) is 4.67. The van der Waals surface area contributed by atoms with E-state index < -0.39 is 21.9 Å². The molecule has 0 aromatic carbocycles. The van der Waals surface area contributed by atoms with Gasteiger partial charge >= 0.3 is 5.97 Å². The number of sulfonamides is 1. The monoisotopic (exact) mass is 277 g/mol. The number of rotatable bonds is 6. The largest absolute Gasteiger partial charge is 0.481 e. The van der Waals surface area contributed by atoms with Gasteiger partial charge < -0.3 is 5.11 Å². The van der Waals surface area contributed by atoms with Gasteiger partial charge in [0.05, 0.1) is 5.92 Å². The van der Waals surface area contributed by atoms with Gasteiger partial charge in [-0.25, -0.2) is 13.1 Å². The molecule has 1 aromatic heterocycles. The average Bonchev–Trinajstić information content (AvgIpc) is 2.69. The molecule has 96 valence electrons. The smallest absolute Gasteiger partial charge is 0.308 e. The summed E-state index contributed by atoms with van der Waals surface area (Å²) in [4.78, 5) is 10.9. The topological polar surface area (TPSA) is 83.5 Å². The molecule has 0 amide bonds. The van der Waals surface area contributed by atoms with Crippen molar-refractivity contribution in [3.8, 4) is 0 Å². The molecule has 1 rings (SSSR count). The lowest BCUT2D eigenvalue weighted by atomic mass is 9.97. The van der Waals surface area contributed by atoms with Crippen molar-refractivity contribution in [2.45, 2.75) is 18.1 Å². The highest BCUT2D eigenvalue weighted by atomic mass is 32.2. The van der Waals surface area contributed by atoms with E-state index in [1.807, 2.05) is 0 Å². The van der Waals surface area contributed by atoms with Gasteiger partial charge in [0.25, 0.3) is 0 Å². The molecule has 0 aliphatic rings. The molecule has 0 aliphatic heterocycles. The van der Waals surface area contributed by atoms with Gasteiger partial charge in [-0.05, 0) is 17.4 Å². The summed E-state index contributed by atoms with van der Waals surface area (Å²) in [6, 6.07) is 3.12. The minimum atomic E-state index is -3.57. The van der Waals surface area contributed by atoms with Crippen LogP contribution in [0.15, 0.2) is 21.7 Å². The van der Waals surface area contributed by atoms with E-state index in [1.54, 1.807) is 25.3 Å². The normalized spacial score (nSPS) is 13.8. The standard InChI is InChI=1S/C10H15NO4S2/c1-7(2)8(10(12)13)6-11-17(14,15)9-4-3-5-16-9/h3-5,7-8,11H,6H2,1-2H3,(H,12,13). The van der Waals surface area contributed by atoms with E-state index in [-0.39, 0.29) is 16.7 Å². The first-order valence-corrected chi connectivity index (χ1v) is 7.47. The van der Waals surface area contributed by atoms with Crippen molar-refractivity contribution in [1.29, 1.82) is 0 Å². The van der Waals surface area contributed by atoms with E-state index in [9.17, 15) is 13.2 Å². The molecular weight excluding hydrogens is 262 g/mol. The van der Waals surface area contributed by atoms with Gasteiger partial charge in [-0.15, -0.1) is 11.3 Å². The van der Waals surface area contributed by atoms with Gasteiger partial charge in [-0.2, -0.15) is 0 Å². The van der Waals surface area contributed by atoms with Crippen LogP contribution in [0.25, 0.3) is 0 Å². The number of hydrogen-bond acceptors (Lipinski definition) is 4. The number of thiophene rings is 1. The van der Waals surface area contributed by atoms with Crippen LogP contribution < -0.4 is 4.72 Å². The van der Waals surface area contributed by atoms with Crippen molar-refractivity contribution in [3.05, 3.63) is 17.5 Å². The molecular formula is C10H15NO4S2. The van der Waals surface area contributed by atoms with Crippen molar-refractivity contribution in [3.63, 3.8) is 0 Å². The lowest BCUT2D eigenvalue weighted by Gasteiger charge is -2.16. The molecule has 0 fully saturated rings. The van der Waals surface area contributed by atoms with E-state index in [0.717, 1.165) is 11.3 Å². The molecule has 5 nitrogen and oxygen atoms in total. The third-order valence-corrected chi connectivity index (χ3v) is 5.20. The molecule has 17 heavy (non-hydrogen) atoms. The highest BCUT2D eigenvalue weighted by molar-refractivity contribution is 7.91. The van der Waals surface area contributed by atoms with E-state index in [4.69, 9.17) is 5.11 Å². The van der Waals surface area contributed by atoms with Crippen LogP contribution in [0.2, 0.25) is 0 Å². The van der Waals surface area contributed by atoms with Crippen LogP contribution in [-0.4, -0.2) is 26.0 Å². The molecule has 0 radical (unpaired) electrons. The molecule has 1 aromatic rings. The van der Waals surface area contributed by atoms with E-state index in [1.165, 1.54) is 6.07 Å². The number of aliphatic carboxylic acids is 1. The minimum Gasteiger partial charge on any atom is -0.481 e. The van der Waals surface area contributed by atoms with Crippen LogP contribution in [-0.2, 0) is 14.8 Å². The van der Waals surface area contributed by atoms with Gasteiger partial charge in [-0.3, -0.25) is 4.79 Å². The molecule has 0 bridgehead atoms. The number of carbonyl (C=O) groups is 1. The predicted octanol–water partition coefficient (Wildman–Crippen LogP) is 1.38. The third-order valence-electron chi connectivity index (χ3n) is 2.38. The summed E-state index contributed by atoms with van der Waals surface area (Å²) in [6.07, 6.45) is 0. The maximum absolute atomic E-state index is 11.7. The third kappa shape index (κ3) is 3.79. The number of carboxylic acids is 1. The van der Waals surface area contributed by atoms with Crippen molar-refractivity contribution < 1.29 is 18.3 Å². The second-order valence-electron chi connectivity index (χ2n) is 3.97. The predicted molar refractivity (Wildman–Crippen MR) is 65.5 cm³/mol. The second-order valence-corrected chi connectivity index (χ2v) is 6.91. The first-order valence-electron chi connectivity index (χ1n) is 5.10. The number of carboxylic acid groups (broad SMARTS) is 1. The fourth-order valence-corrected chi connectivity index (χ4v) is 3.39. The molecule has 0 aliphatic carbocycles. The molecule has 0 saturated heterocycles. The maximum Gasteiger partial charge on any atom is 0.308 e. The van der Waals surface area contributed by atoms with Crippen molar-refractivity contribution in [2.24, 2.45) is 11.8 Å². The molecule has 7 heteroatoms. The fraction of sp³-hybridized carbons (Fsp3) is 0.500. The van der Waals surface area contributed by atoms with Gasteiger partial charge in [0.1, 0.15) is 4.21 Å². The van der Waals surface area contributed by atoms with Gasteiger partial charge in [-0.1, -0.05) is 19.9 Å². The Hall–Kier alpha value is -0.920. The van der Waals surface area contributed by atoms with Crippen LogP contribution in [0.1, 0.15) is 13.8 Å². The fourth-order valence-electron chi connectivity index (χ4n) is 1.30. The van der Waals surface area contributed by atoms with Crippen LogP contribution in [0.5, 0.6) is 0 Å². The maximum atomic E-state index is 11.7. The Morgan fingerprint density at radius 3 is 2.59 bits per heavy atom. The van der Waals surface area contributed by atoms with Crippen LogP contribution in [0.3, 0.4) is 0 Å². The Balaban J connectivity index is 2.70. The molecule has 0 spiro atoms. The SMILES string of the molecule is CC(C)C(CNS(=O)(=O)c1cccs1)C(=O)O. The lowest BCUT2D eigenvalue weighted by Crippen LogP contribution is -2.35. The summed E-state index contributed by atoms with van der Waals surface area (Å²) in [5, 5.41) is 10.6. The summed E-state index contributed by atoms with van der Waals surface area (Å²) in [5.41, 5.74) is 0. The van der Waals surface area contributed by atoms with E-state index in [2.05, 4.69) is 4.72 Å². The summed E-state index contributed by atoms with van der Waals surface area (Å²) < 4.78 is 26.0. The summed E-state index contributed by atoms with van der Waals surface area (Å²) in [6.45, 7) is 3.41. The Morgan fingerprint density at radius 1 is 1.53 bits per heavy atom. The average molecular weight is 277 g/mol. The molecule has 1 atom stereocenters. The van der Waals surface area contributed by atoms with E-state index in [0.29, 0.717) is 0 Å². The zero-order valence-electron chi connectivity index (χ0n) is 9.58. The highest BCUT2D eigenvalue weighted by Gasteiger charge is 2.24. The summed E-state index contributed by atoms with van der Waals surface area (Å²) in [5.74, 6) is -1.84. The Labute approximate surface area is 105 Å². The Morgan fingerprint density at radius 2 is 2.18 bits per heavy atom. The molecule has 0 saturated carbocycles.